The zero-order valence-electron chi connectivity index (χ0n) is 17.9. The van der Waals surface area contributed by atoms with Crippen molar-refractivity contribution in [3.63, 3.8) is 0 Å². The number of fused-ring (bicyclic) bond motifs is 1. The third-order valence-corrected chi connectivity index (χ3v) is 5.79. The van der Waals surface area contributed by atoms with Gasteiger partial charge in [-0.05, 0) is 72.9 Å². The Bertz CT molecular complexity index is 1160. The molecule has 4 heteroatoms. The first kappa shape index (κ1) is 20.0. The van der Waals surface area contributed by atoms with Crippen LogP contribution in [0.15, 0.2) is 65.4 Å². The van der Waals surface area contributed by atoms with Crippen molar-refractivity contribution in [3.8, 4) is 0 Å². The van der Waals surface area contributed by atoms with Crippen LogP contribution in [0.1, 0.15) is 57.0 Å². The van der Waals surface area contributed by atoms with E-state index in [9.17, 15) is 0 Å². The van der Waals surface area contributed by atoms with Gasteiger partial charge >= 0.3 is 0 Å². The van der Waals surface area contributed by atoms with Gasteiger partial charge in [0.25, 0.3) is 0 Å². The largest absolute Gasteiger partial charge is 0.277 e. The van der Waals surface area contributed by atoms with Gasteiger partial charge in [-0.2, -0.15) is 5.10 Å². The van der Waals surface area contributed by atoms with E-state index < -0.39 is 0 Å². The van der Waals surface area contributed by atoms with Gasteiger partial charge in [0, 0.05) is 28.9 Å². The van der Waals surface area contributed by atoms with Crippen molar-refractivity contribution in [2.24, 2.45) is 10.9 Å². The van der Waals surface area contributed by atoms with Gasteiger partial charge in [-0.25, -0.2) is 0 Å². The highest BCUT2D eigenvalue weighted by Gasteiger charge is 2.25. The molecular formula is C26H28N4. The zero-order valence-corrected chi connectivity index (χ0v) is 17.9. The van der Waals surface area contributed by atoms with Crippen LogP contribution in [-0.4, -0.2) is 20.9 Å². The molecule has 30 heavy (non-hydrogen) atoms. The molecule has 1 aliphatic rings. The molecule has 1 N–H and O–H groups in total. The number of allylic oxidation sites excluding steroid dienone is 3. The summed E-state index contributed by atoms with van der Waals surface area (Å²) in [6.45, 7) is 10.9. The summed E-state index contributed by atoms with van der Waals surface area (Å²) >= 11 is 0. The average molecular weight is 397 g/mol. The number of benzene rings is 1. The molecule has 1 aliphatic heterocycles. The summed E-state index contributed by atoms with van der Waals surface area (Å²) in [4.78, 5) is 9.24. The van der Waals surface area contributed by atoms with E-state index in [-0.39, 0.29) is 5.92 Å². The first-order valence-corrected chi connectivity index (χ1v) is 10.6. The van der Waals surface area contributed by atoms with Crippen LogP contribution in [-0.2, 0) is 0 Å². The van der Waals surface area contributed by atoms with Gasteiger partial charge < -0.3 is 0 Å². The lowest BCUT2D eigenvalue weighted by Crippen LogP contribution is -2.17. The fourth-order valence-electron chi connectivity index (χ4n) is 4.07. The lowest BCUT2D eigenvalue weighted by molar-refractivity contribution is 0.814. The second-order valence-corrected chi connectivity index (χ2v) is 7.87. The number of pyridine rings is 1. The lowest BCUT2D eigenvalue weighted by atomic mass is 9.82. The van der Waals surface area contributed by atoms with Crippen molar-refractivity contribution >= 4 is 34.3 Å². The second kappa shape index (κ2) is 8.62. The van der Waals surface area contributed by atoms with E-state index in [0.29, 0.717) is 0 Å². The third-order valence-electron chi connectivity index (χ3n) is 5.79. The van der Waals surface area contributed by atoms with Crippen LogP contribution in [0.2, 0.25) is 0 Å². The Balaban J connectivity index is 1.66. The quantitative estimate of drug-likeness (QED) is 0.504. The molecule has 0 spiro atoms. The molecule has 0 aliphatic carbocycles. The minimum Gasteiger partial charge on any atom is -0.277 e. The van der Waals surface area contributed by atoms with E-state index in [1.54, 1.807) is 6.20 Å². The summed E-state index contributed by atoms with van der Waals surface area (Å²) in [6, 6.07) is 12.4. The smallest absolute Gasteiger partial charge is 0.0928 e. The van der Waals surface area contributed by atoms with E-state index in [2.05, 4.69) is 60.7 Å². The van der Waals surface area contributed by atoms with E-state index in [1.165, 1.54) is 17.6 Å². The van der Waals surface area contributed by atoms with Gasteiger partial charge in [-0.1, -0.05) is 39.0 Å². The summed E-state index contributed by atoms with van der Waals surface area (Å²) in [5, 5.41) is 8.77. The molecule has 1 atom stereocenters. The molecule has 1 aromatic carbocycles. The van der Waals surface area contributed by atoms with Crippen LogP contribution in [0.4, 0.5) is 0 Å². The Morgan fingerprint density at radius 1 is 1.17 bits per heavy atom. The Labute approximate surface area is 178 Å². The minimum atomic E-state index is 0.262. The van der Waals surface area contributed by atoms with Gasteiger partial charge in [-0.15, -0.1) is 0 Å². The molecule has 0 radical (unpaired) electrons. The average Bonchev–Trinajstić information content (AvgIpc) is 3.17. The maximum Gasteiger partial charge on any atom is 0.0928 e. The molecule has 4 rings (SSSR count). The van der Waals surface area contributed by atoms with E-state index >= 15 is 0 Å². The van der Waals surface area contributed by atoms with Crippen LogP contribution in [0.3, 0.4) is 0 Å². The van der Waals surface area contributed by atoms with Crippen LogP contribution in [0.25, 0.3) is 28.6 Å². The van der Waals surface area contributed by atoms with Gasteiger partial charge in [0.2, 0.25) is 0 Å². The van der Waals surface area contributed by atoms with Crippen molar-refractivity contribution in [2.75, 3.05) is 0 Å². The molecule has 0 fully saturated rings. The number of nitrogens with zero attached hydrogens (tertiary/aromatic N) is 3. The molecule has 0 amide bonds. The molecule has 3 aromatic rings. The second-order valence-electron chi connectivity index (χ2n) is 7.87. The predicted molar refractivity (Wildman–Crippen MR) is 127 cm³/mol. The van der Waals surface area contributed by atoms with Crippen molar-refractivity contribution < 1.29 is 0 Å². The number of rotatable bonds is 6. The maximum atomic E-state index is 4.91. The Morgan fingerprint density at radius 3 is 2.80 bits per heavy atom. The maximum absolute atomic E-state index is 4.91. The van der Waals surface area contributed by atoms with Crippen LogP contribution >= 0.6 is 0 Å². The Kier molecular flexibility index (Phi) is 5.75. The number of aromatic amines is 1. The van der Waals surface area contributed by atoms with Crippen LogP contribution in [0, 0.1) is 5.92 Å². The predicted octanol–water partition coefficient (Wildman–Crippen LogP) is 6.70. The fourth-order valence-corrected chi connectivity index (χ4v) is 4.07. The first-order chi connectivity index (χ1) is 14.6. The minimum absolute atomic E-state index is 0.262. The molecule has 3 heterocycles. The zero-order chi connectivity index (χ0) is 21.1. The molecule has 152 valence electrons. The van der Waals surface area contributed by atoms with Gasteiger partial charge in [0.1, 0.15) is 0 Å². The number of nitrogens with one attached hydrogen (secondary N) is 1. The summed E-state index contributed by atoms with van der Waals surface area (Å²) < 4.78 is 0. The molecule has 0 bridgehead atoms. The monoisotopic (exact) mass is 396 g/mol. The number of hydrogen-bond acceptors (Lipinski definition) is 3. The van der Waals surface area contributed by atoms with Gasteiger partial charge in [-0.3, -0.25) is 15.1 Å². The highest BCUT2D eigenvalue weighted by atomic mass is 15.1. The summed E-state index contributed by atoms with van der Waals surface area (Å²) in [5.74, 6) is 0.262. The standard InChI is InChI=1S/C26H28N4/c1-5-6-10-23-17(2)18(3)26(19(4)28-23)20-11-13-22-24(29-30-25(22)16-20)14-12-21-9-7-8-15-27-21/h7-9,11-16,18H,2,5-6,10H2,1,3-4H3,(H,29,30)/b14-12+. The third kappa shape index (κ3) is 3.90. The van der Waals surface area contributed by atoms with Crippen LogP contribution < -0.4 is 0 Å². The number of hydrogen-bond donors (Lipinski definition) is 1. The normalized spacial score (nSPS) is 17.2. The molecule has 0 saturated heterocycles. The molecule has 1 unspecified atom stereocenters. The topological polar surface area (TPSA) is 53.9 Å². The number of H-pyrrole nitrogens is 1. The summed E-state index contributed by atoms with van der Waals surface area (Å²) in [5.41, 5.74) is 8.68. The number of aromatic nitrogens is 3. The SMILES string of the molecule is C=C1C(CCCC)=NC(C)=C(c2ccc3c(/C=C/c4ccccn4)n[nH]c3c2)C1C. The van der Waals surface area contributed by atoms with Crippen molar-refractivity contribution in [1.29, 1.82) is 0 Å². The first-order valence-electron chi connectivity index (χ1n) is 10.6. The summed E-state index contributed by atoms with van der Waals surface area (Å²) in [6.07, 6.45) is 9.11. The highest BCUT2D eigenvalue weighted by Crippen LogP contribution is 2.38. The van der Waals surface area contributed by atoms with Crippen molar-refractivity contribution in [1.82, 2.24) is 15.2 Å². The number of unbranched alkanes of at least 4 members (excludes halogenated alkanes) is 1. The van der Waals surface area contributed by atoms with Crippen molar-refractivity contribution in [3.05, 3.63) is 77.4 Å². The molecule has 0 saturated carbocycles. The summed E-state index contributed by atoms with van der Waals surface area (Å²) in [7, 11) is 0. The van der Waals surface area contributed by atoms with Gasteiger partial charge in [0.15, 0.2) is 0 Å². The molecule has 4 nitrogen and oxygen atoms in total. The Morgan fingerprint density at radius 2 is 2.03 bits per heavy atom. The molecular weight excluding hydrogens is 368 g/mol. The lowest BCUT2D eigenvalue weighted by Gasteiger charge is -2.26. The van der Waals surface area contributed by atoms with E-state index in [1.807, 2.05) is 30.4 Å². The van der Waals surface area contributed by atoms with E-state index in [0.717, 1.165) is 52.1 Å². The molecule has 2 aromatic heterocycles. The van der Waals surface area contributed by atoms with Crippen LogP contribution in [0.5, 0.6) is 0 Å². The highest BCUT2D eigenvalue weighted by molar-refractivity contribution is 6.05. The van der Waals surface area contributed by atoms with E-state index in [4.69, 9.17) is 4.99 Å². The van der Waals surface area contributed by atoms with Gasteiger partial charge in [0.05, 0.1) is 16.9 Å². The fraction of sp³-hybridized carbons (Fsp3) is 0.269. The number of aliphatic imine (C=N–C) groups is 1. The van der Waals surface area contributed by atoms with Crippen molar-refractivity contribution in [2.45, 2.75) is 40.0 Å². The Hall–Kier alpha value is -3.27.